The van der Waals surface area contributed by atoms with Crippen molar-refractivity contribution in [3.63, 3.8) is 0 Å². The Morgan fingerprint density at radius 1 is 0.733 bits per heavy atom. The molecule has 0 saturated carbocycles. The van der Waals surface area contributed by atoms with Crippen molar-refractivity contribution in [1.29, 1.82) is 0 Å². The fourth-order valence-corrected chi connectivity index (χ4v) is 2.74. The molecule has 2 fully saturated rings. The molecule has 0 aromatic heterocycles. The molecular weight excluding hydrogens is 184 g/mol. The summed E-state index contributed by atoms with van der Waals surface area (Å²) in [5.41, 5.74) is 1.42. The van der Waals surface area contributed by atoms with E-state index in [-0.39, 0.29) is 0 Å². The number of hydrogen-bond acceptors (Lipinski definition) is 2. The molecule has 2 aliphatic heterocycles. The summed E-state index contributed by atoms with van der Waals surface area (Å²) in [7, 11) is 0. The molecule has 0 aromatic rings. The first-order valence-electron chi connectivity index (χ1n) is 6.46. The number of piperidine rings is 1. The van der Waals surface area contributed by atoms with Crippen molar-refractivity contribution >= 4 is 0 Å². The van der Waals surface area contributed by atoms with E-state index < -0.39 is 0 Å². The molecule has 2 nitrogen and oxygen atoms in total. The van der Waals surface area contributed by atoms with E-state index in [0.29, 0.717) is 0 Å². The quantitative estimate of drug-likeness (QED) is 0.653. The van der Waals surface area contributed by atoms with Crippen LogP contribution in [0.4, 0.5) is 0 Å². The van der Waals surface area contributed by atoms with Gasteiger partial charge in [-0.1, -0.05) is 13.0 Å². The summed E-state index contributed by atoms with van der Waals surface area (Å²) < 4.78 is 0. The van der Waals surface area contributed by atoms with Gasteiger partial charge in [-0.15, -0.1) is 0 Å². The fourth-order valence-electron chi connectivity index (χ4n) is 2.74. The van der Waals surface area contributed by atoms with Crippen LogP contribution in [0.25, 0.3) is 0 Å². The molecule has 2 heteroatoms. The van der Waals surface area contributed by atoms with Gasteiger partial charge in [0.2, 0.25) is 0 Å². The van der Waals surface area contributed by atoms with Crippen molar-refractivity contribution in [3.05, 3.63) is 12.2 Å². The van der Waals surface area contributed by atoms with Gasteiger partial charge < -0.3 is 0 Å². The molecule has 0 radical (unpaired) electrons. The highest BCUT2D eigenvalue weighted by Gasteiger charge is 2.15. The molecule has 0 spiro atoms. The summed E-state index contributed by atoms with van der Waals surface area (Å²) in [4.78, 5) is 5.12. The van der Waals surface area contributed by atoms with E-state index in [2.05, 4.69) is 16.4 Å². The van der Waals surface area contributed by atoms with Crippen molar-refractivity contribution in [2.45, 2.75) is 32.1 Å². The van der Waals surface area contributed by atoms with Crippen molar-refractivity contribution in [3.8, 4) is 0 Å². The Balaban J connectivity index is 1.66. The highest BCUT2D eigenvalue weighted by molar-refractivity contribution is 5.01. The Hall–Kier alpha value is -0.340. The fraction of sp³-hybridized carbons (Fsp3) is 0.846. The van der Waals surface area contributed by atoms with Gasteiger partial charge in [-0.3, -0.25) is 9.80 Å². The Labute approximate surface area is 93.9 Å². The van der Waals surface area contributed by atoms with E-state index in [1.807, 2.05) is 0 Å². The number of rotatable bonds is 4. The maximum absolute atomic E-state index is 4.23. The summed E-state index contributed by atoms with van der Waals surface area (Å²) in [5, 5.41) is 0. The Morgan fingerprint density at radius 2 is 1.13 bits per heavy atom. The second kappa shape index (κ2) is 5.66. The van der Waals surface area contributed by atoms with Crippen LogP contribution in [0.1, 0.15) is 32.1 Å². The first-order valence-corrected chi connectivity index (χ1v) is 6.46. The minimum Gasteiger partial charge on any atom is -0.299 e. The monoisotopic (exact) mass is 208 g/mol. The maximum atomic E-state index is 4.23. The summed E-state index contributed by atoms with van der Waals surface area (Å²) in [6.07, 6.45) is 6.97. The average Bonchev–Trinajstić information content (AvgIpc) is 2.71. The van der Waals surface area contributed by atoms with Crippen molar-refractivity contribution in [2.24, 2.45) is 0 Å². The number of likely N-dealkylation sites (tertiary alicyclic amines) is 2. The van der Waals surface area contributed by atoms with Gasteiger partial charge >= 0.3 is 0 Å². The van der Waals surface area contributed by atoms with Gasteiger partial charge in [0, 0.05) is 13.1 Å². The summed E-state index contributed by atoms with van der Waals surface area (Å²) >= 11 is 0. The SMILES string of the molecule is C=C(CN1CCCCC1)CN1CCCC1. The molecule has 86 valence electrons. The first-order chi connectivity index (χ1) is 7.34. The van der Waals surface area contributed by atoms with Gasteiger partial charge in [0.25, 0.3) is 0 Å². The van der Waals surface area contributed by atoms with Crippen LogP contribution >= 0.6 is 0 Å². The zero-order valence-corrected chi connectivity index (χ0v) is 9.88. The predicted octanol–water partition coefficient (Wildman–Crippen LogP) is 2.12. The molecule has 0 bridgehead atoms. The molecule has 2 aliphatic rings. The molecule has 0 aromatic carbocycles. The second-order valence-electron chi connectivity index (χ2n) is 5.07. The molecule has 2 heterocycles. The predicted molar refractivity (Wildman–Crippen MR) is 65.1 cm³/mol. The highest BCUT2D eigenvalue weighted by Crippen LogP contribution is 2.13. The van der Waals surface area contributed by atoms with Crippen LogP contribution in [0.15, 0.2) is 12.2 Å². The first kappa shape index (κ1) is 11.2. The van der Waals surface area contributed by atoms with Crippen LogP contribution in [0, 0.1) is 0 Å². The summed E-state index contributed by atoms with van der Waals surface area (Å²) in [6, 6.07) is 0. The minimum atomic E-state index is 1.14. The molecule has 2 saturated heterocycles. The molecule has 0 aliphatic carbocycles. The third kappa shape index (κ3) is 3.62. The largest absolute Gasteiger partial charge is 0.299 e. The normalized spacial score (nSPS) is 24.5. The van der Waals surface area contributed by atoms with Gasteiger partial charge in [0.05, 0.1) is 0 Å². The van der Waals surface area contributed by atoms with Gasteiger partial charge in [-0.25, -0.2) is 0 Å². The van der Waals surface area contributed by atoms with Gasteiger partial charge in [-0.2, -0.15) is 0 Å². The molecule has 2 rings (SSSR count). The van der Waals surface area contributed by atoms with Crippen LogP contribution in [0.5, 0.6) is 0 Å². The van der Waals surface area contributed by atoms with Crippen molar-refractivity contribution in [1.82, 2.24) is 9.80 Å². The van der Waals surface area contributed by atoms with Gasteiger partial charge in [0.1, 0.15) is 0 Å². The van der Waals surface area contributed by atoms with E-state index in [1.54, 1.807) is 0 Å². The third-order valence-corrected chi connectivity index (χ3v) is 3.54. The molecule has 0 N–H and O–H groups in total. The van der Waals surface area contributed by atoms with Crippen molar-refractivity contribution < 1.29 is 0 Å². The van der Waals surface area contributed by atoms with E-state index in [9.17, 15) is 0 Å². The van der Waals surface area contributed by atoms with E-state index >= 15 is 0 Å². The van der Waals surface area contributed by atoms with Crippen molar-refractivity contribution in [2.75, 3.05) is 39.3 Å². The van der Waals surface area contributed by atoms with E-state index in [1.165, 1.54) is 63.9 Å². The zero-order chi connectivity index (χ0) is 10.5. The lowest BCUT2D eigenvalue weighted by molar-refractivity contribution is 0.239. The lowest BCUT2D eigenvalue weighted by Gasteiger charge is -2.28. The standard InChI is InChI=1S/C13H24N2/c1-13(12-15-9-5-6-10-15)11-14-7-3-2-4-8-14/h1-12H2. The second-order valence-corrected chi connectivity index (χ2v) is 5.07. The zero-order valence-electron chi connectivity index (χ0n) is 9.88. The minimum absolute atomic E-state index is 1.14. The van der Waals surface area contributed by atoms with Gasteiger partial charge in [-0.05, 0) is 57.4 Å². The van der Waals surface area contributed by atoms with Crippen LogP contribution in [-0.2, 0) is 0 Å². The topological polar surface area (TPSA) is 6.48 Å². The lowest BCUT2D eigenvalue weighted by Crippen LogP contribution is -2.34. The Morgan fingerprint density at radius 3 is 1.60 bits per heavy atom. The van der Waals surface area contributed by atoms with Crippen LogP contribution < -0.4 is 0 Å². The number of nitrogens with zero attached hydrogens (tertiary/aromatic N) is 2. The molecule has 0 unspecified atom stereocenters. The molecule has 0 amide bonds. The summed E-state index contributed by atoms with van der Waals surface area (Å²) in [6.45, 7) is 11.7. The lowest BCUT2D eigenvalue weighted by atomic mass is 10.1. The number of hydrogen-bond donors (Lipinski definition) is 0. The maximum Gasteiger partial charge on any atom is 0.0202 e. The highest BCUT2D eigenvalue weighted by atomic mass is 15.2. The van der Waals surface area contributed by atoms with Crippen LogP contribution in [-0.4, -0.2) is 49.1 Å². The third-order valence-electron chi connectivity index (χ3n) is 3.54. The average molecular weight is 208 g/mol. The Kier molecular flexibility index (Phi) is 4.21. The molecule has 15 heavy (non-hydrogen) atoms. The van der Waals surface area contributed by atoms with E-state index in [4.69, 9.17) is 0 Å². The van der Waals surface area contributed by atoms with Crippen LogP contribution in [0.3, 0.4) is 0 Å². The van der Waals surface area contributed by atoms with E-state index in [0.717, 1.165) is 13.1 Å². The van der Waals surface area contributed by atoms with Crippen LogP contribution in [0.2, 0.25) is 0 Å². The Bertz CT molecular complexity index is 201. The smallest absolute Gasteiger partial charge is 0.0202 e. The molecule has 0 atom stereocenters. The van der Waals surface area contributed by atoms with Gasteiger partial charge in [0.15, 0.2) is 0 Å². The summed E-state index contributed by atoms with van der Waals surface area (Å²) in [5.74, 6) is 0. The molecular formula is C13H24N2.